The summed E-state index contributed by atoms with van der Waals surface area (Å²) in [6.45, 7) is 1.91. The predicted molar refractivity (Wildman–Crippen MR) is 75.3 cm³/mol. The second-order valence-corrected chi connectivity index (χ2v) is 4.53. The summed E-state index contributed by atoms with van der Waals surface area (Å²) in [5.41, 5.74) is 2.60. The number of hydrogen-bond acceptors (Lipinski definition) is 2. The van der Waals surface area contributed by atoms with E-state index >= 15 is 0 Å². The van der Waals surface area contributed by atoms with E-state index in [0.717, 1.165) is 5.56 Å². The zero-order chi connectivity index (χ0) is 13.8. The van der Waals surface area contributed by atoms with Gasteiger partial charge in [0, 0.05) is 5.69 Å². The fraction of sp³-hybridized carbons (Fsp3) is 0.0667. The number of amides is 1. The van der Waals surface area contributed by atoms with Gasteiger partial charge in [0.25, 0.3) is 5.91 Å². The van der Waals surface area contributed by atoms with Crippen molar-refractivity contribution >= 4 is 23.2 Å². The van der Waals surface area contributed by atoms with E-state index in [9.17, 15) is 4.79 Å². The van der Waals surface area contributed by atoms with Gasteiger partial charge in [0.15, 0.2) is 0 Å². The summed E-state index contributed by atoms with van der Waals surface area (Å²) < 4.78 is 0. The fourth-order valence-corrected chi connectivity index (χ4v) is 1.95. The monoisotopic (exact) mass is 270 g/mol. The molecule has 3 nitrogen and oxygen atoms in total. The van der Waals surface area contributed by atoms with Gasteiger partial charge in [0.05, 0.1) is 22.2 Å². The molecular formula is C15H11ClN2O. The Bertz CT molecular complexity index is 657. The van der Waals surface area contributed by atoms with Gasteiger partial charge in [-0.3, -0.25) is 4.79 Å². The van der Waals surface area contributed by atoms with Crippen LogP contribution in [0.1, 0.15) is 21.5 Å². The number of rotatable bonds is 2. The van der Waals surface area contributed by atoms with Crippen molar-refractivity contribution in [2.24, 2.45) is 0 Å². The molecule has 1 amide bonds. The van der Waals surface area contributed by atoms with Crippen LogP contribution in [0.15, 0.2) is 42.5 Å². The van der Waals surface area contributed by atoms with E-state index in [-0.39, 0.29) is 5.91 Å². The molecule has 0 aliphatic carbocycles. The fourth-order valence-electron chi connectivity index (χ4n) is 1.63. The normalized spacial score (nSPS) is 9.74. The van der Waals surface area contributed by atoms with E-state index in [1.54, 1.807) is 36.4 Å². The number of benzene rings is 2. The molecule has 0 aromatic heterocycles. The Balaban J connectivity index is 2.18. The first-order valence-electron chi connectivity index (χ1n) is 5.68. The van der Waals surface area contributed by atoms with Gasteiger partial charge in [-0.25, -0.2) is 0 Å². The lowest BCUT2D eigenvalue weighted by Gasteiger charge is -2.07. The molecule has 2 aromatic carbocycles. The van der Waals surface area contributed by atoms with Crippen LogP contribution in [-0.4, -0.2) is 5.91 Å². The summed E-state index contributed by atoms with van der Waals surface area (Å²) in [4.78, 5) is 12.0. The van der Waals surface area contributed by atoms with Crippen LogP contribution in [0.3, 0.4) is 0 Å². The molecule has 0 atom stereocenters. The van der Waals surface area contributed by atoms with Crippen LogP contribution in [0, 0.1) is 18.3 Å². The highest BCUT2D eigenvalue weighted by Crippen LogP contribution is 2.19. The lowest BCUT2D eigenvalue weighted by molar-refractivity contribution is 0.102. The predicted octanol–water partition coefficient (Wildman–Crippen LogP) is 3.77. The molecule has 0 fully saturated rings. The largest absolute Gasteiger partial charge is 0.322 e. The number of hydrogen-bond donors (Lipinski definition) is 1. The van der Waals surface area contributed by atoms with Gasteiger partial charge in [-0.05, 0) is 48.9 Å². The Morgan fingerprint density at radius 2 is 1.89 bits per heavy atom. The van der Waals surface area contributed by atoms with E-state index in [1.807, 2.05) is 19.1 Å². The molecule has 0 heterocycles. The zero-order valence-corrected chi connectivity index (χ0v) is 11.0. The number of carbonyl (C=O) groups excluding carboxylic acids is 1. The van der Waals surface area contributed by atoms with Gasteiger partial charge in [0.1, 0.15) is 0 Å². The smallest absolute Gasteiger partial charge is 0.257 e. The summed E-state index contributed by atoms with van der Waals surface area (Å²) in [6, 6.07) is 13.9. The molecule has 2 rings (SSSR count). The van der Waals surface area contributed by atoms with Crippen molar-refractivity contribution in [1.82, 2.24) is 0 Å². The first-order valence-corrected chi connectivity index (χ1v) is 6.05. The maximum Gasteiger partial charge on any atom is 0.257 e. The van der Waals surface area contributed by atoms with Gasteiger partial charge < -0.3 is 5.32 Å². The highest BCUT2D eigenvalue weighted by Gasteiger charge is 2.10. The quantitative estimate of drug-likeness (QED) is 0.903. The average molecular weight is 271 g/mol. The Kier molecular flexibility index (Phi) is 3.84. The topological polar surface area (TPSA) is 52.9 Å². The molecular weight excluding hydrogens is 260 g/mol. The average Bonchev–Trinajstić information content (AvgIpc) is 2.39. The number of carbonyl (C=O) groups is 1. The van der Waals surface area contributed by atoms with Crippen molar-refractivity contribution in [3.05, 3.63) is 64.2 Å². The van der Waals surface area contributed by atoms with Gasteiger partial charge in [0.2, 0.25) is 0 Å². The van der Waals surface area contributed by atoms with Crippen molar-refractivity contribution < 1.29 is 4.79 Å². The van der Waals surface area contributed by atoms with E-state index in [2.05, 4.69) is 5.32 Å². The summed E-state index contributed by atoms with van der Waals surface area (Å²) in [5, 5.41) is 11.9. The molecule has 0 saturated heterocycles. The van der Waals surface area contributed by atoms with Gasteiger partial charge in [-0.15, -0.1) is 0 Å². The van der Waals surface area contributed by atoms with Crippen molar-refractivity contribution in [2.75, 3.05) is 5.32 Å². The molecule has 0 unspecified atom stereocenters. The Morgan fingerprint density at radius 3 is 2.47 bits per heavy atom. The minimum Gasteiger partial charge on any atom is -0.322 e. The molecule has 0 spiro atoms. The summed E-state index contributed by atoms with van der Waals surface area (Å²) >= 11 is 6.03. The number of nitriles is 1. The third kappa shape index (κ3) is 3.12. The van der Waals surface area contributed by atoms with Crippen LogP contribution in [0.25, 0.3) is 0 Å². The SMILES string of the molecule is Cc1ccc(C(=O)Nc2ccc(C#N)cc2)c(Cl)c1. The minimum absolute atomic E-state index is 0.269. The van der Waals surface area contributed by atoms with Gasteiger partial charge in [-0.2, -0.15) is 5.26 Å². The van der Waals surface area contributed by atoms with E-state index in [4.69, 9.17) is 16.9 Å². The Morgan fingerprint density at radius 1 is 1.21 bits per heavy atom. The lowest BCUT2D eigenvalue weighted by Crippen LogP contribution is -2.12. The molecule has 0 radical (unpaired) electrons. The third-order valence-corrected chi connectivity index (χ3v) is 2.95. The molecule has 2 aromatic rings. The number of halogens is 1. The molecule has 0 aliphatic heterocycles. The molecule has 19 heavy (non-hydrogen) atoms. The van der Waals surface area contributed by atoms with Crippen LogP contribution in [-0.2, 0) is 0 Å². The molecule has 0 aliphatic rings. The highest BCUT2D eigenvalue weighted by molar-refractivity contribution is 6.34. The number of nitrogens with zero attached hydrogens (tertiary/aromatic N) is 1. The Labute approximate surface area is 116 Å². The van der Waals surface area contributed by atoms with Crippen molar-refractivity contribution in [1.29, 1.82) is 5.26 Å². The van der Waals surface area contributed by atoms with E-state index < -0.39 is 0 Å². The first kappa shape index (κ1) is 13.1. The molecule has 94 valence electrons. The van der Waals surface area contributed by atoms with Gasteiger partial charge >= 0.3 is 0 Å². The molecule has 0 saturated carbocycles. The van der Waals surface area contributed by atoms with Crippen LogP contribution in [0.2, 0.25) is 5.02 Å². The van der Waals surface area contributed by atoms with Gasteiger partial charge in [-0.1, -0.05) is 17.7 Å². The second kappa shape index (κ2) is 5.55. The summed E-state index contributed by atoms with van der Waals surface area (Å²) in [7, 11) is 0. The van der Waals surface area contributed by atoms with Crippen molar-refractivity contribution in [3.8, 4) is 6.07 Å². The molecule has 1 N–H and O–H groups in total. The third-order valence-electron chi connectivity index (χ3n) is 2.64. The van der Waals surface area contributed by atoms with E-state index in [0.29, 0.717) is 21.8 Å². The maximum atomic E-state index is 12.0. The zero-order valence-electron chi connectivity index (χ0n) is 10.3. The van der Waals surface area contributed by atoms with Crippen molar-refractivity contribution in [2.45, 2.75) is 6.92 Å². The van der Waals surface area contributed by atoms with Crippen LogP contribution < -0.4 is 5.32 Å². The summed E-state index contributed by atoms with van der Waals surface area (Å²) in [6.07, 6.45) is 0. The molecule has 4 heteroatoms. The molecule has 0 bridgehead atoms. The standard InChI is InChI=1S/C15H11ClN2O/c1-10-2-7-13(14(16)8-10)15(19)18-12-5-3-11(9-17)4-6-12/h2-8H,1H3,(H,18,19). The van der Waals surface area contributed by atoms with E-state index in [1.165, 1.54) is 0 Å². The number of anilines is 1. The van der Waals surface area contributed by atoms with Crippen LogP contribution >= 0.6 is 11.6 Å². The summed E-state index contributed by atoms with van der Waals surface area (Å²) in [5.74, 6) is -0.269. The Hall–Kier alpha value is -2.31. The maximum absolute atomic E-state index is 12.0. The lowest BCUT2D eigenvalue weighted by atomic mass is 10.1. The van der Waals surface area contributed by atoms with Crippen molar-refractivity contribution in [3.63, 3.8) is 0 Å². The number of aryl methyl sites for hydroxylation is 1. The number of nitrogens with one attached hydrogen (secondary N) is 1. The second-order valence-electron chi connectivity index (χ2n) is 4.13. The first-order chi connectivity index (χ1) is 9.10. The van der Waals surface area contributed by atoms with Crippen LogP contribution in [0.4, 0.5) is 5.69 Å². The highest BCUT2D eigenvalue weighted by atomic mass is 35.5. The van der Waals surface area contributed by atoms with Crippen LogP contribution in [0.5, 0.6) is 0 Å². The minimum atomic E-state index is -0.269.